The lowest BCUT2D eigenvalue weighted by atomic mass is 9.49. The summed E-state index contributed by atoms with van der Waals surface area (Å²) in [6, 6.07) is 0. The van der Waals surface area contributed by atoms with E-state index in [-0.39, 0.29) is 35.4 Å². The molecule has 3 nitrogen and oxygen atoms in total. The Bertz CT molecular complexity index is 367. The molecule has 4 rings (SSSR count). The van der Waals surface area contributed by atoms with Crippen LogP contribution in [-0.2, 0) is 9.53 Å². The molecule has 0 aromatic rings. The average Bonchev–Trinajstić information content (AvgIpc) is 2.35. The van der Waals surface area contributed by atoms with E-state index in [1.54, 1.807) is 0 Å². The van der Waals surface area contributed by atoms with Crippen LogP contribution in [0.1, 0.15) is 51.4 Å². The van der Waals surface area contributed by atoms with Gasteiger partial charge in [-0.3, -0.25) is 4.79 Å². The van der Waals surface area contributed by atoms with Crippen molar-refractivity contribution in [3.05, 3.63) is 0 Å². The lowest BCUT2D eigenvalue weighted by Gasteiger charge is -2.55. The van der Waals surface area contributed by atoms with E-state index in [1.165, 1.54) is 19.3 Å². The zero-order valence-corrected chi connectivity index (χ0v) is 16.6. The van der Waals surface area contributed by atoms with Crippen LogP contribution in [0.15, 0.2) is 0 Å². The number of esters is 1. The van der Waals surface area contributed by atoms with Crippen molar-refractivity contribution in [2.45, 2.75) is 51.4 Å². The van der Waals surface area contributed by atoms with Gasteiger partial charge in [0, 0.05) is 0 Å². The van der Waals surface area contributed by atoms with Gasteiger partial charge in [0.05, 0.1) is 39.7 Å². The molecule has 0 aromatic carbocycles. The van der Waals surface area contributed by atoms with Crippen molar-refractivity contribution in [2.75, 3.05) is 34.3 Å². The maximum absolute atomic E-state index is 12.6. The number of halogens is 1. The van der Waals surface area contributed by atoms with Crippen LogP contribution in [0, 0.1) is 23.2 Å². The summed E-state index contributed by atoms with van der Waals surface area (Å²) in [5.74, 6) is 2.61. The largest absolute Gasteiger partial charge is 1.00 e. The number of carbonyl (C=O) groups excluding carboxylic acids is 1. The molecule has 0 atom stereocenters. The molecule has 0 aromatic heterocycles. The Labute approximate surface area is 152 Å². The molecule has 4 heteroatoms. The molecular weight excluding hydrogens is 389 g/mol. The fraction of sp³-hybridized carbons (Fsp3) is 0.944. The molecule has 128 valence electrons. The number of hydrogen-bond donors (Lipinski definition) is 0. The van der Waals surface area contributed by atoms with E-state index in [1.807, 2.05) is 0 Å². The predicted octanol–water partition coefficient (Wildman–Crippen LogP) is 0.236. The number of rotatable bonds is 6. The van der Waals surface area contributed by atoms with Crippen LogP contribution in [0.4, 0.5) is 0 Å². The van der Waals surface area contributed by atoms with Crippen LogP contribution in [0.3, 0.4) is 0 Å². The first-order valence-corrected chi connectivity index (χ1v) is 8.84. The summed E-state index contributed by atoms with van der Waals surface area (Å²) in [6.45, 7) is 1.77. The summed E-state index contributed by atoms with van der Waals surface area (Å²) >= 11 is 0. The molecule has 4 aliphatic rings. The number of nitrogens with zero attached hydrogens (tertiary/aromatic N) is 1. The molecule has 0 unspecified atom stereocenters. The molecule has 0 radical (unpaired) electrons. The van der Waals surface area contributed by atoms with Crippen molar-refractivity contribution in [1.29, 1.82) is 0 Å². The van der Waals surface area contributed by atoms with Crippen LogP contribution in [0.2, 0.25) is 0 Å². The van der Waals surface area contributed by atoms with E-state index < -0.39 is 0 Å². The Morgan fingerprint density at radius 1 is 1.00 bits per heavy atom. The van der Waals surface area contributed by atoms with Gasteiger partial charge in [0.25, 0.3) is 0 Å². The highest BCUT2D eigenvalue weighted by Crippen LogP contribution is 2.60. The summed E-state index contributed by atoms with van der Waals surface area (Å²) in [4.78, 5) is 12.6. The van der Waals surface area contributed by atoms with Gasteiger partial charge >= 0.3 is 5.97 Å². The van der Waals surface area contributed by atoms with Crippen LogP contribution in [0.25, 0.3) is 0 Å². The number of quaternary nitrogens is 1. The highest BCUT2D eigenvalue weighted by molar-refractivity contribution is 5.77. The zero-order chi connectivity index (χ0) is 15.1. The first kappa shape index (κ1) is 18.5. The highest BCUT2D eigenvalue weighted by Gasteiger charge is 2.55. The summed E-state index contributed by atoms with van der Waals surface area (Å²) < 4.78 is 6.68. The smallest absolute Gasteiger partial charge is 0.312 e. The highest BCUT2D eigenvalue weighted by atomic mass is 127. The number of ether oxygens (including phenoxy) is 1. The second-order valence-corrected chi connectivity index (χ2v) is 9.05. The van der Waals surface area contributed by atoms with Crippen molar-refractivity contribution in [3.63, 3.8) is 0 Å². The maximum Gasteiger partial charge on any atom is 0.312 e. The molecule has 4 fully saturated rings. The van der Waals surface area contributed by atoms with Crippen molar-refractivity contribution >= 4 is 5.97 Å². The second kappa shape index (κ2) is 6.96. The van der Waals surface area contributed by atoms with Crippen molar-refractivity contribution in [1.82, 2.24) is 0 Å². The SMILES string of the molecule is C[N+](C)(C)CCCCOC(=O)C12CC3CC(CC(C3)C1)C2.[I-]. The van der Waals surface area contributed by atoms with Crippen LogP contribution < -0.4 is 24.0 Å². The minimum absolute atomic E-state index is 0. The summed E-state index contributed by atoms with van der Waals surface area (Å²) in [5.41, 5.74) is -0.0746. The van der Waals surface area contributed by atoms with E-state index in [0.29, 0.717) is 6.61 Å². The topological polar surface area (TPSA) is 26.3 Å². The van der Waals surface area contributed by atoms with Gasteiger partial charge in [-0.2, -0.15) is 0 Å². The second-order valence-electron chi connectivity index (χ2n) is 9.05. The molecule has 4 saturated carbocycles. The summed E-state index contributed by atoms with van der Waals surface area (Å²) in [6.07, 6.45) is 9.66. The third-order valence-electron chi connectivity index (χ3n) is 5.93. The van der Waals surface area contributed by atoms with Gasteiger partial charge in [0.15, 0.2) is 0 Å². The maximum atomic E-state index is 12.6. The molecule has 4 bridgehead atoms. The van der Waals surface area contributed by atoms with Gasteiger partial charge in [0.1, 0.15) is 0 Å². The number of unbranched alkanes of at least 4 members (excludes halogenated alkanes) is 1. The lowest BCUT2D eigenvalue weighted by Crippen LogP contribution is -3.00. The molecule has 0 saturated heterocycles. The number of carbonyl (C=O) groups is 1. The Morgan fingerprint density at radius 2 is 1.50 bits per heavy atom. The van der Waals surface area contributed by atoms with E-state index in [4.69, 9.17) is 4.74 Å². The molecule has 0 amide bonds. The quantitative estimate of drug-likeness (QED) is 0.266. The van der Waals surface area contributed by atoms with Gasteiger partial charge in [-0.15, -0.1) is 0 Å². The van der Waals surface area contributed by atoms with Gasteiger partial charge in [0.2, 0.25) is 0 Å². The van der Waals surface area contributed by atoms with Crippen LogP contribution in [0.5, 0.6) is 0 Å². The number of hydrogen-bond acceptors (Lipinski definition) is 2. The monoisotopic (exact) mass is 421 g/mol. The molecule has 0 N–H and O–H groups in total. The van der Waals surface area contributed by atoms with E-state index in [9.17, 15) is 4.79 Å². The first-order valence-electron chi connectivity index (χ1n) is 8.84. The van der Waals surface area contributed by atoms with E-state index in [2.05, 4.69) is 21.1 Å². The van der Waals surface area contributed by atoms with Gasteiger partial charge in [-0.1, -0.05) is 0 Å². The normalized spacial score (nSPS) is 36.0. The summed E-state index contributed by atoms with van der Waals surface area (Å²) in [5, 5.41) is 0. The third-order valence-corrected chi connectivity index (χ3v) is 5.93. The fourth-order valence-corrected chi connectivity index (χ4v) is 5.37. The Balaban J connectivity index is 0.00000176. The van der Waals surface area contributed by atoms with E-state index >= 15 is 0 Å². The first-order chi connectivity index (χ1) is 9.86. The molecular formula is C18H32INO2. The Morgan fingerprint density at radius 3 is 1.95 bits per heavy atom. The lowest BCUT2D eigenvalue weighted by molar-refractivity contribution is -0.870. The Kier molecular flexibility index (Phi) is 5.85. The average molecular weight is 421 g/mol. The Hall–Kier alpha value is 0.160. The van der Waals surface area contributed by atoms with Gasteiger partial charge in [-0.25, -0.2) is 0 Å². The fourth-order valence-electron chi connectivity index (χ4n) is 5.37. The van der Waals surface area contributed by atoms with Crippen molar-refractivity contribution in [2.24, 2.45) is 23.2 Å². The molecule has 0 spiro atoms. The van der Waals surface area contributed by atoms with Gasteiger partial charge in [-0.05, 0) is 69.1 Å². The van der Waals surface area contributed by atoms with Crippen LogP contribution >= 0.6 is 0 Å². The molecule has 22 heavy (non-hydrogen) atoms. The van der Waals surface area contributed by atoms with Crippen LogP contribution in [-0.4, -0.2) is 44.7 Å². The zero-order valence-electron chi connectivity index (χ0n) is 14.4. The van der Waals surface area contributed by atoms with Crippen molar-refractivity contribution < 1.29 is 38.0 Å². The predicted molar refractivity (Wildman–Crippen MR) is 83.7 cm³/mol. The minimum Gasteiger partial charge on any atom is -1.00 e. The molecule has 4 aliphatic carbocycles. The standard InChI is InChI=1S/C18H32NO2.HI/c1-19(2,3)6-4-5-7-21-17(20)18-11-14-8-15(12-18)10-16(9-14)13-18;/h14-16H,4-13H2,1-3H3;1H/q+1;/p-1. The third kappa shape index (κ3) is 4.16. The molecule has 0 heterocycles. The molecule has 0 aliphatic heterocycles. The van der Waals surface area contributed by atoms with Gasteiger partial charge < -0.3 is 33.2 Å². The van der Waals surface area contributed by atoms with Crippen molar-refractivity contribution in [3.8, 4) is 0 Å². The minimum atomic E-state index is -0.0746. The summed E-state index contributed by atoms with van der Waals surface area (Å²) in [7, 11) is 6.63. The van der Waals surface area contributed by atoms with E-state index in [0.717, 1.165) is 60.9 Å².